The van der Waals surface area contributed by atoms with Crippen molar-refractivity contribution in [2.75, 3.05) is 33.4 Å². The molecule has 8 heteroatoms. The van der Waals surface area contributed by atoms with E-state index in [9.17, 15) is 13.2 Å². The van der Waals surface area contributed by atoms with Crippen LogP contribution in [0.1, 0.15) is 39.5 Å². The maximum atomic E-state index is 12.6. The molecule has 0 aromatic carbocycles. The molecule has 1 spiro atoms. The molecule has 3 rings (SSSR count). The number of carbonyl (C=O) groups is 1. The Balaban J connectivity index is 1.71. The van der Waals surface area contributed by atoms with E-state index in [0.717, 1.165) is 12.8 Å². The summed E-state index contributed by atoms with van der Waals surface area (Å²) < 4.78 is 37.1. The third-order valence-electron chi connectivity index (χ3n) is 5.77. The first-order valence-electron chi connectivity index (χ1n) is 8.77. The van der Waals surface area contributed by atoms with Crippen LogP contribution in [-0.2, 0) is 24.3 Å². The summed E-state index contributed by atoms with van der Waals surface area (Å²) in [6, 6.07) is 0.0978. The highest BCUT2D eigenvalue weighted by Gasteiger charge is 2.62. The average molecular weight is 360 g/mol. The number of carbonyl (C=O) groups excluding carboxylic acids is 1. The summed E-state index contributed by atoms with van der Waals surface area (Å²) in [7, 11) is -1.62. The predicted molar refractivity (Wildman–Crippen MR) is 89.1 cm³/mol. The zero-order valence-corrected chi connectivity index (χ0v) is 15.5. The number of β-lactam (4-membered cyclic amide) rings is 1. The topological polar surface area (TPSA) is 76.2 Å². The van der Waals surface area contributed by atoms with Crippen LogP contribution in [0.3, 0.4) is 0 Å². The van der Waals surface area contributed by atoms with E-state index >= 15 is 0 Å². The smallest absolute Gasteiger partial charge is 0.254 e. The molecule has 0 saturated carbocycles. The molecule has 0 radical (unpaired) electrons. The van der Waals surface area contributed by atoms with Crippen LogP contribution < -0.4 is 0 Å². The van der Waals surface area contributed by atoms with Crippen LogP contribution >= 0.6 is 0 Å². The Morgan fingerprint density at radius 2 is 1.79 bits per heavy atom. The van der Waals surface area contributed by atoms with Gasteiger partial charge in [-0.25, -0.2) is 12.7 Å². The van der Waals surface area contributed by atoms with Crippen LogP contribution in [-0.4, -0.2) is 79.9 Å². The number of amides is 1. The first-order valence-corrected chi connectivity index (χ1v) is 10.3. The van der Waals surface area contributed by atoms with E-state index in [-0.39, 0.29) is 23.6 Å². The maximum Gasteiger partial charge on any atom is 0.254 e. The number of nitrogens with zero attached hydrogens (tertiary/aromatic N) is 2. The number of methoxy groups -OCH3 is 1. The van der Waals surface area contributed by atoms with Crippen molar-refractivity contribution in [3.63, 3.8) is 0 Å². The molecule has 1 amide bonds. The standard InChI is InChI=1S/C16H28N2O5S/c1-12(2)24(20,21)17-8-4-13(5-9-17)18-15(19)14(22-3)16(18)6-10-23-11-7-16/h12-14H,4-11H2,1-3H3. The van der Waals surface area contributed by atoms with Crippen LogP contribution in [0.5, 0.6) is 0 Å². The van der Waals surface area contributed by atoms with Gasteiger partial charge in [-0.05, 0) is 39.5 Å². The van der Waals surface area contributed by atoms with Crippen molar-refractivity contribution in [3.8, 4) is 0 Å². The van der Waals surface area contributed by atoms with E-state index in [1.807, 2.05) is 4.90 Å². The van der Waals surface area contributed by atoms with Gasteiger partial charge < -0.3 is 14.4 Å². The molecule has 24 heavy (non-hydrogen) atoms. The third-order valence-corrected chi connectivity index (χ3v) is 8.04. The zero-order chi connectivity index (χ0) is 17.5. The second-order valence-corrected chi connectivity index (χ2v) is 9.75. The molecule has 0 aromatic heterocycles. The molecule has 138 valence electrons. The monoisotopic (exact) mass is 360 g/mol. The molecule has 1 unspecified atom stereocenters. The molecular weight excluding hydrogens is 332 g/mol. The summed E-state index contributed by atoms with van der Waals surface area (Å²) in [5.74, 6) is 0.0459. The van der Waals surface area contributed by atoms with Gasteiger partial charge in [0.25, 0.3) is 5.91 Å². The van der Waals surface area contributed by atoms with Crippen molar-refractivity contribution in [3.05, 3.63) is 0 Å². The molecule has 3 fully saturated rings. The van der Waals surface area contributed by atoms with Crippen LogP contribution in [0.15, 0.2) is 0 Å². The minimum absolute atomic E-state index is 0.0459. The first-order chi connectivity index (χ1) is 11.3. The molecule has 1 atom stereocenters. The second-order valence-electron chi connectivity index (χ2n) is 7.26. The molecule has 3 aliphatic rings. The lowest BCUT2D eigenvalue weighted by molar-refractivity contribution is -0.213. The maximum absolute atomic E-state index is 12.6. The third kappa shape index (κ3) is 2.67. The number of piperidine rings is 1. The van der Waals surface area contributed by atoms with Gasteiger partial charge in [-0.1, -0.05) is 0 Å². The number of hydrogen-bond acceptors (Lipinski definition) is 5. The average Bonchev–Trinajstić information content (AvgIpc) is 2.56. The molecule has 7 nitrogen and oxygen atoms in total. The summed E-state index contributed by atoms with van der Waals surface area (Å²) in [6.07, 6.45) is 2.59. The van der Waals surface area contributed by atoms with Crippen molar-refractivity contribution in [1.29, 1.82) is 0 Å². The first kappa shape index (κ1) is 18.1. The zero-order valence-electron chi connectivity index (χ0n) is 14.7. The van der Waals surface area contributed by atoms with Crippen molar-refractivity contribution in [2.24, 2.45) is 0 Å². The number of likely N-dealkylation sites (tertiary alicyclic amines) is 1. The van der Waals surface area contributed by atoms with Gasteiger partial charge in [0, 0.05) is 39.5 Å². The Morgan fingerprint density at radius 3 is 2.29 bits per heavy atom. The van der Waals surface area contributed by atoms with E-state index in [1.54, 1.807) is 25.3 Å². The Hall–Kier alpha value is -0.700. The Morgan fingerprint density at radius 1 is 1.21 bits per heavy atom. The van der Waals surface area contributed by atoms with E-state index in [1.165, 1.54) is 0 Å². The number of sulfonamides is 1. The fourth-order valence-electron chi connectivity index (χ4n) is 4.38. The van der Waals surface area contributed by atoms with E-state index in [2.05, 4.69) is 0 Å². The minimum Gasteiger partial charge on any atom is -0.381 e. The molecule has 0 bridgehead atoms. The quantitative estimate of drug-likeness (QED) is 0.686. The van der Waals surface area contributed by atoms with Gasteiger partial charge in [0.1, 0.15) is 0 Å². The lowest BCUT2D eigenvalue weighted by atomic mass is 9.72. The fourth-order valence-corrected chi connectivity index (χ4v) is 5.70. The summed E-state index contributed by atoms with van der Waals surface area (Å²) in [6.45, 7) is 5.67. The van der Waals surface area contributed by atoms with Gasteiger partial charge in [0.15, 0.2) is 6.10 Å². The molecule has 3 aliphatic heterocycles. The van der Waals surface area contributed by atoms with Gasteiger partial charge in [-0.3, -0.25) is 4.79 Å². The highest BCUT2D eigenvalue weighted by Crippen LogP contribution is 2.45. The summed E-state index contributed by atoms with van der Waals surface area (Å²) in [4.78, 5) is 14.6. The molecule has 3 saturated heterocycles. The van der Waals surface area contributed by atoms with Crippen LogP contribution in [0.4, 0.5) is 0 Å². The van der Waals surface area contributed by atoms with Crippen molar-refractivity contribution in [1.82, 2.24) is 9.21 Å². The van der Waals surface area contributed by atoms with E-state index in [4.69, 9.17) is 9.47 Å². The van der Waals surface area contributed by atoms with Gasteiger partial charge >= 0.3 is 0 Å². The second kappa shape index (κ2) is 6.55. The number of rotatable bonds is 4. The molecule has 3 heterocycles. The summed E-state index contributed by atoms with van der Waals surface area (Å²) >= 11 is 0. The SMILES string of the molecule is COC1C(=O)N(C2CCN(S(=O)(=O)C(C)C)CC2)C12CCOCC2. The van der Waals surface area contributed by atoms with Gasteiger partial charge in [-0.15, -0.1) is 0 Å². The Kier molecular flexibility index (Phi) is 4.94. The fraction of sp³-hybridized carbons (Fsp3) is 0.938. The van der Waals surface area contributed by atoms with E-state index in [0.29, 0.717) is 39.1 Å². The van der Waals surface area contributed by atoms with Crippen LogP contribution in [0.2, 0.25) is 0 Å². The highest BCUT2D eigenvalue weighted by molar-refractivity contribution is 7.89. The molecular formula is C16H28N2O5S. The molecule has 0 aromatic rings. The van der Waals surface area contributed by atoms with Crippen molar-refractivity contribution < 1.29 is 22.7 Å². The van der Waals surface area contributed by atoms with E-state index < -0.39 is 15.3 Å². The lowest BCUT2D eigenvalue weighted by Gasteiger charge is -2.61. The largest absolute Gasteiger partial charge is 0.381 e. The number of hydrogen-bond donors (Lipinski definition) is 0. The Labute approximate surface area is 144 Å². The number of ether oxygens (including phenoxy) is 2. The predicted octanol–water partition coefficient (Wildman–Crippen LogP) is 0.595. The van der Waals surface area contributed by atoms with Crippen molar-refractivity contribution >= 4 is 15.9 Å². The Bertz CT molecular complexity index is 577. The van der Waals surface area contributed by atoms with Gasteiger partial charge in [0.05, 0.1) is 10.8 Å². The normalized spacial score (nSPS) is 29.2. The summed E-state index contributed by atoms with van der Waals surface area (Å²) in [5.41, 5.74) is -0.256. The summed E-state index contributed by atoms with van der Waals surface area (Å²) in [5, 5.41) is -0.403. The molecule has 0 aliphatic carbocycles. The van der Waals surface area contributed by atoms with Crippen molar-refractivity contribution in [2.45, 2.75) is 62.5 Å². The van der Waals surface area contributed by atoms with Crippen LogP contribution in [0.25, 0.3) is 0 Å². The van der Waals surface area contributed by atoms with Gasteiger partial charge in [-0.2, -0.15) is 0 Å². The van der Waals surface area contributed by atoms with Gasteiger partial charge in [0.2, 0.25) is 10.0 Å². The highest BCUT2D eigenvalue weighted by atomic mass is 32.2. The molecule has 0 N–H and O–H groups in total. The van der Waals surface area contributed by atoms with Crippen LogP contribution in [0, 0.1) is 0 Å². The minimum atomic E-state index is -3.21. The lowest BCUT2D eigenvalue weighted by Crippen LogP contribution is -2.79.